The summed E-state index contributed by atoms with van der Waals surface area (Å²) in [5, 5.41) is 19.6. The fourth-order valence-corrected chi connectivity index (χ4v) is 5.79. The molecular formula is C24H23F5N4O2. The molecule has 2 heterocycles. The van der Waals surface area contributed by atoms with Crippen molar-refractivity contribution in [1.29, 1.82) is 0 Å². The van der Waals surface area contributed by atoms with Gasteiger partial charge in [-0.25, -0.2) is 8.78 Å². The van der Waals surface area contributed by atoms with E-state index >= 15 is 0 Å². The van der Waals surface area contributed by atoms with E-state index in [0.717, 1.165) is 11.6 Å². The molecule has 1 aliphatic heterocycles. The lowest BCUT2D eigenvalue weighted by molar-refractivity contribution is -0.146. The topological polar surface area (TPSA) is 73.1 Å². The third-order valence-corrected chi connectivity index (χ3v) is 7.38. The molecule has 1 aliphatic carbocycles. The summed E-state index contributed by atoms with van der Waals surface area (Å²) in [6.45, 7) is 1.76. The van der Waals surface area contributed by atoms with Crippen LogP contribution in [0.4, 0.5) is 22.0 Å². The summed E-state index contributed by atoms with van der Waals surface area (Å²) < 4.78 is 75.3. The molecule has 6 nitrogen and oxygen atoms in total. The van der Waals surface area contributed by atoms with Crippen LogP contribution in [0.1, 0.15) is 53.6 Å². The molecule has 11 heteroatoms. The van der Waals surface area contributed by atoms with Gasteiger partial charge < -0.3 is 9.84 Å². The Bertz CT molecular complexity index is 1230. The van der Waals surface area contributed by atoms with Crippen molar-refractivity contribution in [1.82, 2.24) is 20.2 Å². The lowest BCUT2D eigenvalue weighted by atomic mass is 9.76. The molecule has 4 atom stereocenters. The van der Waals surface area contributed by atoms with E-state index in [1.54, 1.807) is 19.1 Å². The fourth-order valence-electron chi connectivity index (χ4n) is 5.79. The molecule has 5 rings (SSSR count). The Morgan fingerprint density at radius 2 is 1.91 bits per heavy atom. The highest BCUT2D eigenvalue weighted by Gasteiger charge is 2.54. The second kappa shape index (κ2) is 8.63. The lowest BCUT2D eigenvalue weighted by Gasteiger charge is -2.33. The van der Waals surface area contributed by atoms with Gasteiger partial charge in [-0.05, 0) is 83.5 Å². The first kappa shape index (κ1) is 23.8. The van der Waals surface area contributed by atoms with Gasteiger partial charge in [0, 0.05) is 18.4 Å². The van der Waals surface area contributed by atoms with Crippen LogP contribution in [0.5, 0.6) is 0 Å². The van der Waals surface area contributed by atoms with Gasteiger partial charge in [0.2, 0.25) is 0 Å². The van der Waals surface area contributed by atoms with Crippen molar-refractivity contribution in [3.63, 3.8) is 0 Å². The highest BCUT2D eigenvalue weighted by atomic mass is 19.4. The maximum absolute atomic E-state index is 14.9. The summed E-state index contributed by atoms with van der Waals surface area (Å²) in [4.78, 5) is 0. The highest BCUT2D eigenvalue weighted by molar-refractivity contribution is 5.44. The van der Waals surface area contributed by atoms with Crippen LogP contribution < -0.4 is 0 Å². The smallest absolute Gasteiger partial charge is 0.396 e. The number of hydrogen-bond donors (Lipinski definition) is 1. The molecule has 1 spiro atoms. The zero-order valence-electron chi connectivity index (χ0n) is 18.8. The third kappa shape index (κ3) is 4.10. The minimum Gasteiger partial charge on any atom is -0.396 e. The maximum Gasteiger partial charge on any atom is 0.453 e. The van der Waals surface area contributed by atoms with Crippen LogP contribution in [-0.2, 0) is 10.9 Å². The molecule has 2 aromatic carbocycles. The Labute approximate surface area is 197 Å². The molecule has 1 aromatic heterocycles. The first-order valence-corrected chi connectivity index (χ1v) is 11.3. The molecule has 1 saturated heterocycles. The van der Waals surface area contributed by atoms with Crippen molar-refractivity contribution in [2.45, 2.75) is 49.8 Å². The van der Waals surface area contributed by atoms with Crippen LogP contribution >= 0.6 is 0 Å². The number of tetrazole rings is 1. The van der Waals surface area contributed by atoms with Gasteiger partial charge in [0.25, 0.3) is 5.82 Å². The van der Waals surface area contributed by atoms with Gasteiger partial charge >= 0.3 is 6.18 Å². The number of aliphatic hydroxyl groups is 1. The zero-order valence-corrected chi connectivity index (χ0v) is 18.8. The van der Waals surface area contributed by atoms with Crippen LogP contribution in [0.25, 0.3) is 5.69 Å². The Morgan fingerprint density at radius 1 is 1.17 bits per heavy atom. The van der Waals surface area contributed by atoms with Crippen LogP contribution in [0.3, 0.4) is 0 Å². The number of alkyl halides is 3. The number of benzene rings is 2. The molecule has 1 N–H and O–H groups in total. The molecule has 35 heavy (non-hydrogen) atoms. The van der Waals surface area contributed by atoms with Gasteiger partial charge in [0.15, 0.2) is 0 Å². The van der Waals surface area contributed by atoms with Crippen LogP contribution in [0.15, 0.2) is 36.4 Å². The highest BCUT2D eigenvalue weighted by Crippen LogP contribution is 2.56. The van der Waals surface area contributed by atoms with E-state index in [1.165, 1.54) is 18.2 Å². The van der Waals surface area contributed by atoms with Crippen LogP contribution in [-0.4, -0.2) is 44.1 Å². The summed E-state index contributed by atoms with van der Waals surface area (Å²) in [5.74, 6) is -2.95. The summed E-state index contributed by atoms with van der Waals surface area (Å²) in [6, 6.07) is 8.57. The third-order valence-electron chi connectivity index (χ3n) is 7.38. The number of nitrogens with zero attached hydrogens (tertiary/aromatic N) is 4. The second-order valence-electron chi connectivity index (χ2n) is 9.34. The predicted octanol–water partition coefficient (Wildman–Crippen LogP) is 4.70. The van der Waals surface area contributed by atoms with E-state index in [4.69, 9.17) is 4.74 Å². The minimum absolute atomic E-state index is 0.0551. The minimum atomic E-state index is -4.81. The number of aromatic nitrogens is 4. The molecule has 0 unspecified atom stereocenters. The van der Waals surface area contributed by atoms with E-state index < -0.39 is 23.4 Å². The molecule has 1 saturated carbocycles. The van der Waals surface area contributed by atoms with E-state index in [-0.39, 0.29) is 42.5 Å². The van der Waals surface area contributed by atoms with E-state index in [1.807, 2.05) is 0 Å². The van der Waals surface area contributed by atoms with Crippen molar-refractivity contribution in [2.75, 3.05) is 13.2 Å². The Balaban J connectivity index is 1.51. The maximum atomic E-state index is 14.9. The fraction of sp³-hybridized carbons (Fsp3) is 0.458. The van der Waals surface area contributed by atoms with Gasteiger partial charge in [-0.2, -0.15) is 17.9 Å². The van der Waals surface area contributed by atoms with Crippen molar-refractivity contribution in [3.05, 3.63) is 70.5 Å². The summed E-state index contributed by atoms with van der Waals surface area (Å²) in [6.07, 6.45) is -2.96. The quantitative estimate of drug-likeness (QED) is 0.533. The number of halogens is 5. The molecule has 0 radical (unpaired) electrons. The van der Waals surface area contributed by atoms with Crippen LogP contribution in [0, 0.1) is 24.5 Å². The molecule has 186 valence electrons. The first-order valence-electron chi connectivity index (χ1n) is 11.3. The zero-order chi connectivity index (χ0) is 25.0. The second-order valence-corrected chi connectivity index (χ2v) is 9.34. The standard InChI is InChI=1S/C24H23F5N4O2/c1-13-19(8-18(9-20(13)26)33-22(24(27,28)29)30-31-32-33)16-10-23(35-12-16)7-6-15(11-34)21(23)14-2-4-17(25)5-3-14/h2-5,8-9,15-16,21,34H,6-7,10-12H2,1H3/t15-,16-,21-,23-/m1/s1. The monoisotopic (exact) mass is 494 g/mol. The normalized spacial score (nSPS) is 26.7. The predicted molar refractivity (Wildman–Crippen MR) is 114 cm³/mol. The average Bonchev–Trinajstić information content (AvgIpc) is 3.55. The van der Waals surface area contributed by atoms with Gasteiger partial charge in [-0.15, -0.1) is 5.10 Å². The van der Waals surface area contributed by atoms with Crippen molar-refractivity contribution < 1.29 is 31.8 Å². The summed E-state index contributed by atoms with van der Waals surface area (Å²) in [7, 11) is 0. The van der Waals surface area contributed by atoms with Gasteiger partial charge in [0.05, 0.1) is 17.9 Å². The van der Waals surface area contributed by atoms with E-state index in [0.29, 0.717) is 35.1 Å². The number of ether oxygens (including phenoxy) is 1. The van der Waals surface area contributed by atoms with E-state index in [9.17, 15) is 27.1 Å². The van der Waals surface area contributed by atoms with Gasteiger partial charge in [-0.3, -0.25) is 0 Å². The largest absolute Gasteiger partial charge is 0.453 e. The van der Waals surface area contributed by atoms with Crippen molar-refractivity contribution in [2.24, 2.45) is 5.92 Å². The van der Waals surface area contributed by atoms with Crippen molar-refractivity contribution in [3.8, 4) is 5.69 Å². The van der Waals surface area contributed by atoms with Gasteiger partial charge in [0.1, 0.15) is 11.6 Å². The number of hydrogen-bond acceptors (Lipinski definition) is 5. The molecular weight excluding hydrogens is 471 g/mol. The Hall–Kier alpha value is -2.92. The van der Waals surface area contributed by atoms with Crippen LogP contribution in [0.2, 0.25) is 0 Å². The molecule has 0 bridgehead atoms. The van der Waals surface area contributed by atoms with Gasteiger partial charge in [-0.1, -0.05) is 12.1 Å². The first-order chi connectivity index (χ1) is 16.6. The Morgan fingerprint density at radius 3 is 2.60 bits per heavy atom. The SMILES string of the molecule is Cc1c(F)cc(-n2nnnc2C(F)(F)F)cc1[C@H]1CO[C@]2(CC[C@H](CO)[C@H]2c2ccc(F)cc2)C1. The molecule has 3 aromatic rings. The molecule has 2 fully saturated rings. The molecule has 0 amide bonds. The van der Waals surface area contributed by atoms with E-state index in [2.05, 4.69) is 15.5 Å². The number of aliphatic hydroxyl groups excluding tert-OH is 1. The Kier molecular flexibility index (Phi) is 5.87. The summed E-state index contributed by atoms with van der Waals surface area (Å²) >= 11 is 0. The average molecular weight is 494 g/mol. The number of rotatable bonds is 4. The lowest BCUT2D eigenvalue weighted by Crippen LogP contribution is -2.34. The molecule has 2 aliphatic rings. The van der Waals surface area contributed by atoms with Crippen molar-refractivity contribution >= 4 is 0 Å². The summed E-state index contributed by atoms with van der Waals surface area (Å²) in [5.41, 5.74) is 0.905.